The van der Waals surface area contributed by atoms with E-state index in [9.17, 15) is 0 Å². The first kappa shape index (κ1) is 3.72. The van der Waals surface area contributed by atoms with Gasteiger partial charge in [0.1, 0.15) is 0 Å². The molecule has 0 bridgehead atoms. The lowest BCUT2D eigenvalue weighted by molar-refractivity contribution is 0.694. The molecule has 0 unspecified atom stereocenters. The van der Waals surface area contributed by atoms with Crippen LogP contribution in [0.15, 0.2) is 11.8 Å². The monoisotopic (exact) mass is 83.1 g/mol. The van der Waals surface area contributed by atoms with Gasteiger partial charge < -0.3 is 5.73 Å². The van der Waals surface area contributed by atoms with Gasteiger partial charge in [-0.2, -0.15) is 0 Å². The average Bonchev–Trinajstić information content (AvgIpc) is 1.73. The second kappa shape index (κ2) is 0.625. The van der Waals surface area contributed by atoms with Crippen molar-refractivity contribution in [3.63, 3.8) is 0 Å². The Morgan fingerprint density at radius 1 is 1.67 bits per heavy atom. The summed E-state index contributed by atoms with van der Waals surface area (Å²) in [7, 11) is 0. The normalized spacial score (nSPS) is 26.0. The number of allylic oxidation sites excluding steroid dienone is 2. The molecule has 0 aliphatic heterocycles. The molecule has 34 valence electrons. The lowest BCUT2D eigenvalue weighted by Gasteiger charge is -1.94. The van der Waals surface area contributed by atoms with Gasteiger partial charge in [-0.3, -0.25) is 0 Å². The van der Waals surface area contributed by atoms with E-state index >= 15 is 0 Å². The van der Waals surface area contributed by atoms with Crippen LogP contribution in [-0.2, 0) is 0 Å². The van der Waals surface area contributed by atoms with Crippen LogP contribution in [-0.4, -0.2) is 0 Å². The molecule has 1 aliphatic rings. The van der Waals surface area contributed by atoms with Crippen molar-refractivity contribution in [3.8, 4) is 0 Å². The molecule has 0 aromatic rings. The van der Waals surface area contributed by atoms with E-state index in [-0.39, 0.29) is 5.41 Å². The van der Waals surface area contributed by atoms with Crippen LogP contribution in [0.5, 0.6) is 0 Å². The van der Waals surface area contributed by atoms with Gasteiger partial charge in [-0.05, 0) is 0 Å². The molecule has 2 N–H and O–H groups in total. The summed E-state index contributed by atoms with van der Waals surface area (Å²) in [5.41, 5.74) is 6.67. The van der Waals surface area contributed by atoms with E-state index in [1.807, 2.05) is 6.08 Å². The Kier molecular flexibility index (Phi) is 0.388. The zero-order valence-corrected chi connectivity index (χ0v) is 4.15. The van der Waals surface area contributed by atoms with E-state index in [1.165, 1.54) is 0 Å². The molecule has 0 heterocycles. The summed E-state index contributed by atoms with van der Waals surface area (Å²) < 4.78 is 0. The second-order valence-electron chi connectivity index (χ2n) is 2.32. The molecule has 1 rings (SSSR count). The van der Waals surface area contributed by atoms with Gasteiger partial charge >= 0.3 is 0 Å². The summed E-state index contributed by atoms with van der Waals surface area (Å²) in [5.74, 6) is 0. The van der Waals surface area contributed by atoms with Crippen molar-refractivity contribution in [2.45, 2.75) is 13.8 Å². The van der Waals surface area contributed by atoms with Gasteiger partial charge in [-0.1, -0.05) is 19.9 Å². The van der Waals surface area contributed by atoms with Gasteiger partial charge in [-0.25, -0.2) is 0 Å². The van der Waals surface area contributed by atoms with Gasteiger partial charge in [0.05, 0.1) is 0 Å². The van der Waals surface area contributed by atoms with Crippen LogP contribution in [0.1, 0.15) is 13.8 Å². The zero-order valence-electron chi connectivity index (χ0n) is 4.15. The minimum atomic E-state index is 0.278. The van der Waals surface area contributed by atoms with Gasteiger partial charge in [0.15, 0.2) is 0 Å². The molecular weight excluding hydrogens is 74.1 g/mol. The molecule has 0 saturated heterocycles. The van der Waals surface area contributed by atoms with Crippen molar-refractivity contribution in [1.82, 2.24) is 0 Å². The molecule has 1 aliphatic carbocycles. The fourth-order valence-electron chi connectivity index (χ4n) is 0.353. The Balaban J connectivity index is 2.53. The van der Waals surface area contributed by atoms with Gasteiger partial charge in [-0.15, -0.1) is 0 Å². The summed E-state index contributed by atoms with van der Waals surface area (Å²) in [5, 5.41) is 0. The molecule has 0 saturated carbocycles. The third-order valence-electron chi connectivity index (χ3n) is 1.18. The lowest BCUT2D eigenvalue weighted by atomic mass is 10.1. The van der Waals surface area contributed by atoms with Crippen LogP contribution >= 0.6 is 0 Å². The van der Waals surface area contributed by atoms with Crippen LogP contribution in [0.3, 0.4) is 0 Å². The highest BCUT2D eigenvalue weighted by Crippen LogP contribution is 2.37. The minimum absolute atomic E-state index is 0.278. The van der Waals surface area contributed by atoms with Crippen LogP contribution in [0.2, 0.25) is 0 Å². The van der Waals surface area contributed by atoms with E-state index in [0.717, 1.165) is 5.70 Å². The molecule has 0 radical (unpaired) electrons. The molecule has 1 heteroatoms. The molecular formula is C5H9N. The van der Waals surface area contributed by atoms with E-state index in [0.29, 0.717) is 0 Å². The molecule has 0 spiro atoms. The molecule has 0 atom stereocenters. The van der Waals surface area contributed by atoms with Crippen molar-refractivity contribution < 1.29 is 0 Å². The molecule has 0 fully saturated rings. The SMILES string of the molecule is CC1(C)C=C1N. The molecule has 1 nitrogen and oxygen atoms in total. The number of hydrogen-bond acceptors (Lipinski definition) is 1. The van der Waals surface area contributed by atoms with E-state index in [1.54, 1.807) is 0 Å². The number of nitrogens with two attached hydrogens (primary N) is 1. The van der Waals surface area contributed by atoms with E-state index < -0.39 is 0 Å². The van der Waals surface area contributed by atoms with Crippen molar-refractivity contribution >= 4 is 0 Å². The van der Waals surface area contributed by atoms with E-state index in [2.05, 4.69) is 13.8 Å². The van der Waals surface area contributed by atoms with Gasteiger partial charge in [0.25, 0.3) is 0 Å². The minimum Gasteiger partial charge on any atom is -0.402 e. The summed E-state index contributed by atoms with van der Waals surface area (Å²) in [6.07, 6.45) is 2.05. The van der Waals surface area contributed by atoms with Gasteiger partial charge in [0.2, 0.25) is 0 Å². The van der Waals surface area contributed by atoms with E-state index in [4.69, 9.17) is 5.73 Å². The predicted molar refractivity (Wildman–Crippen MR) is 26.1 cm³/mol. The average molecular weight is 83.1 g/mol. The summed E-state index contributed by atoms with van der Waals surface area (Å²) in [6, 6.07) is 0. The first-order valence-electron chi connectivity index (χ1n) is 2.12. The third kappa shape index (κ3) is 0.313. The molecule has 0 aromatic carbocycles. The first-order valence-corrected chi connectivity index (χ1v) is 2.12. The quantitative estimate of drug-likeness (QED) is 0.462. The summed E-state index contributed by atoms with van der Waals surface area (Å²) in [4.78, 5) is 0. The zero-order chi connectivity index (χ0) is 4.78. The van der Waals surface area contributed by atoms with Crippen molar-refractivity contribution in [3.05, 3.63) is 11.8 Å². The van der Waals surface area contributed by atoms with Crippen molar-refractivity contribution in [2.75, 3.05) is 0 Å². The maximum absolute atomic E-state index is 5.36. The Morgan fingerprint density at radius 2 is 1.83 bits per heavy atom. The maximum Gasteiger partial charge on any atom is 0.0238 e. The second-order valence-corrected chi connectivity index (χ2v) is 2.32. The topological polar surface area (TPSA) is 26.0 Å². The largest absolute Gasteiger partial charge is 0.402 e. The highest BCUT2D eigenvalue weighted by Gasteiger charge is 2.30. The fourth-order valence-corrected chi connectivity index (χ4v) is 0.353. The standard InChI is InChI=1S/C5H9N/c1-5(2)3-4(5)6/h3H,6H2,1-2H3. The number of hydrogen-bond donors (Lipinski definition) is 1. The Labute approximate surface area is 37.8 Å². The highest BCUT2D eigenvalue weighted by molar-refractivity contribution is 5.32. The van der Waals surface area contributed by atoms with Crippen LogP contribution in [0.4, 0.5) is 0 Å². The van der Waals surface area contributed by atoms with Crippen molar-refractivity contribution in [1.29, 1.82) is 0 Å². The number of rotatable bonds is 0. The van der Waals surface area contributed by atoms with Crippen LogP contribution < -0.4 is 5.73 Å². The molecule has 0 aromatic heterocycles. The Hall–Kier alpha value is -0.460. The fraction of sp³-hybridized carbons (Fsp3) is 0.600. The first-order chi connectivity index (χ1) is 2.63. The highest BCUT2D eigenvalue weighted by atomic mass is 14.7. The Bertz CT molecular complexity index is 101. The van der Waals surface area contributed by atoms with Gasteiger partial charge in [0, 0.05) is 11.1 Å². The van der Waals surface area contributed by atoms with Crippen LogP contribution in [0, 0.1) is 5.41 Å². The summed E-state index contributed by atoms with van der Waals surface area (Å²) in [6.45, 7) is 4.20. The Morgan fingerprint density at radius 3 is 1.83 bits per heavy atom. The van der Waals surface area contributed by atoms with Crippen molar-refractivity contribution in [2.24, 2.45) is 11.1 Å². The smallest absolute Gasteiger partial charge is 0.0238 e. The van der Waals surface area contributed by atoms with Crippen LogP contribution in [0.25, 0.3) is 0 Å². The predicted octanol–water partition coefficient (Wildman–Crippen LogP) is 0.869. The third-order valence-corrected chi connectivity index (χ3v) is 1.18. The maximum atomic E-state index is 5.36. The molecule has 0 amide bonds. The lowest BCUT2D eigenvalue weighted by Crippen LogP contribution is -1.96. The summed E-state index contributed by atoms with van der Waals surface area (Å²) >= 11 is 0. The molecule has 6 heavy (non-hydrogen) atoms.